The molecule has 0 unspecified atom stereocenters. The maximum atomic E-state index is 11.8. The maximum absolute atomic E-state index is 11.8. The van der Waals surface area contributed by atoms with Crippen molar-refractivity contribution in [1.82, 2.24) is 0 Å². The lowest BCUT2D eigenvalue weighted by molar-refractivity contribution is -0.139. The van der Waals surface area contributed by atoms with Gasteiger partial charge in [0.1, 0.15) is 6.04 Å². The standard InChI is InChI=1S/C18H27NO2/c1-6-7-15(17(20)21)19-16-10-12(2)8-9-14(16)13(3)11-18(19,4)5/h8-10,13,15H,6-7,11H2,1-5H3,(H,20,21)/t13-,15+/m1/s1. The minimum Gasteiger partial charge on any atom is -0.480 e. The number of nitrogens with zero attached hydrogens (tertiary/aromatic N) is 1. The first-order valence-electron chi connectivity index (χ1n) is 7.90. The Morgan fingerprint density at radius 3 is 2.71 bits per heavy atom. The van der Waals surface area contributed by atoms with Gasteiger partial charge >= 0.3 is 5.97 Å². The Labute approximate surface area is 128 Å². The van der Waals surface area contributed by atoms with Gasteiger partial charge in [0.15, 0.2) is 0 Å². The molecule has 2 atom stereocenters. The van der Waals surface area contributed by atoms with Crippen molar-refractivity contribution in [3.63, 3.8) is 0 Å². The van der Waals surface area contributed by atoms with Crippen LogP contribution in [0.25, 0.3) is 0 Å². The number of carbonyl (C=O) groups is 1. The number of carboxylic acids is 1. The second-order valence-electron chi connectivity index (χ2n) is 6.99. The van der Waals surface area contributed by atoms with Gasteiger partial charge in [-0.2, -0.15) is 0 Å². The van der Waals surface area contributed by atoms with Crippen molar-refractivity contribution in [1.29, 1.82) is 0 Å². The molecule has 0 spiro atoms. The molecule has 0 bridgehead atoms. The summed E-state index contributed by atoms with van der Waals surface area (Å²) in [5, 5.41) is 9.71. The highest BCUT2D eigenvalue weighted by Gasteiger charge is 2.42. The summed E-state index contributed by atoms with van der Waals surface area (Å²) in [5.41, 5.74) is 3.43. The SMILES string of the molecule is CCC[C@@H](C(=O)O)N1c2cc(C)ccc2[C@H](C)CC1(C)C. The Balaban J connectivity index is 2.58. The zero-order valence-corrected chi connectivity index (χ0v) is 13.8. The summed E-state index contributed by atoms with van der Waals surface area (Å²) in [5.74, 6) is -0.255. The molecule has 1 aromatic carbocycles. The van der Waals surface area contributed by atoms with E-state index in [-0.39, 0.29) is 5.54 Å². The minimum atomic E-state index is -0.716. The van der Waals surface area contributed by atoms with Gasteiger partial charge in [-0.3, -0.25) is 0 Å². The molecule has 0 radical (unpaired) electrons. The van der Waals surface area contributed by atoms with Crippen LogP contribution in [-0.2, 0) is 4.79 Å². The molecular weight excluding hydrogens is 262 g/mol. The van der Waals surface area contributed by atoms with Crippen LogP contribution in [0.3, 0.4) is 0 Å². The number of hydrogen-bond donors (Lipinski definition) is 1. The predicted molar refractivity (Wildman–Crippen MR) is 87.1 cm³/mol. The molecule has 1 N–H and O–H groups in total. The molecule has 0 aromatic heterocycles. The van der Waals surface area contributed by atoms with Gasteiger partial charge in [0.05, 0.1) is 0 Å². The largest absolute Gasteiger partial charge is 0.480 e. The second kappa shape index (κ2) is 5.70. The number of hydrogen-bond acceptors (Lipinski definition) is 2. The van der Waals surface area contributed by atoms with E-state index in [1.54, 1.807) is 0 Å². The topological polar surface area (TPSA) is 40.5 Å². The monoisotopic (exact) mass is 289 g/mol. The molecule has 1 aliphatic heterocycles. The number of anilines is 1. The van der Waals surface area contributed by atoms with Gasteiger partial charge in [0.25, 0.3) is 0 Å². The van der Waals surface area contributed by atoms with Gasteiger partial charge in [-0.15, -0.1) is 0 Å². The fourth-order valence-electron chi connectivity index (χ4n) is 3.79. The fourth-order valence-corrected chi connectivity index (χ4v) is 3.79. The Morgan fingerprint density at radius 1 is 1.48 bits per heavy atom. The van der Waals surface area contributed by atoms with Crippen molar-refractivity contribution >= 4 is 11.7 Å². The molecule has 116 valence electrons. The number of carboxylic acid groups (broad SMARTS) is 1. The van der Waals surface area contributed by atoms with Crippen molar-refractivity contribution in [3.8, 4) is 0 Å². The van der Waals surface area contributed by atoms with E-state index in [1.807, 2.05) is 6.92 Å². The van der Waals surface area contributed by atoms with E-state index in [4.69, 9.17) is 0 Å². The average Bonchev–Trinajstić information content (AvgIpc) is 2.36. The van der Waals surface area contributed by atoms with E-state index in [2.05, 4.69) is 50.8 Å². The van der Waals surface area contributed by atoms with Crippen molar-refractivity contribution in [3.05, 3.63) is 29.3 Å². The number of fused-ring (bicyclic) bond motifs is 1. The summed E-state index contributed by atoms with van der Waals surface area (Å²) in [6.07, 6.45) is 2.54. The molecule has 0 saturated heterocycles. The molecule has 21 heavy (non-hydrogen) atoms. The summed E-state index contributed by atoms with van der Waals surface area (Å²) in [6, 6.07) is 6.00. The average molecular weight is 289 g/mol. The van der Waals surface area contributed by atoms with Gasteiger partial charge in [-0.1, -0.05) is 32.4 Å². The van der Waals surface area contributed by atoms with Crippen LogP contribution in [-0.4, -0.2) is 22.7 Å². The summed E-state index contributed by atoms with van der Waals surface area (Å²) in [4.78, 5) is 14.0. The Hall–Kier alpha value is -1.51. The maximum Gasteiger partial charge on any atom is 0.326 e. The van der Waals surface area contributed by atoms with Gasteiger partial charge < -0.3 is 10.0 Å². The van der Waals surface area contributed by atoms with E-state index in [1.165, 1.54) is 11.1 Å². The van der Waals surface area contributed by atoms with Gasteiger partial charge in [-0.25, -0.2) is 4.79 Å². The molecule has 2 rings (SSSR count). The molecule has 0 saturated carbocycles. The van der Waals surface area contributed by atoms with Gasteiger partial charge in [-0.05, 0) is 56.7 Å². The van der Waals surface area contributed by atoms with Crippen molar-refractivity contribution in [2.24, 2.45) is 0 Å². The minimum absolute atomic E-state index is 0.140. The summed E-state index contributed by atoms with van der Waals surface area (Å²) < 4.78 is 0. The van der Waals surface area contributed by atoms with Crippen LogP contribution >= 0.6 is 0 Å². The lowest BCUT2D eigenvalue weighted by Crippen LogP contribution is -2.56. The summed E-state index contributed by atoms with van der Waals surface area (Å²) >= 11 is 0. The zero-order valence-electron chi connectivity index (χ0n) is 13.8. The molecule has 0 aliphatic carbocycles. The summed E-state index contributed by atoms with van der Waals surface area (Å²) in [7, 11) is 0. The normalized spacial score (nSPS) is 21.8. The highest BCUT2D eigenvalue weighted by atomic mass is 16.4. The molecule has 0 amide bonds. The number of aryl methyl sites for hydroxylation is 1. The molecule has 3 heteroatoms. The van der Waals surface area contributed by atoms with Gasteiger partial charge in [0, 0.05) is 11.2 Å². The lowest BCUT2D eigenvalue weighted by atomic mass is 9.78. The van der Waals surface area contributed by atoms with Gasteiger partial charge in [0.2, 0.25) is 0 Å². The van der Waals surface area contributed by atoms with Crippen LogP contribution in [0.4, 0.5) is 5.69 Å². The third-order valence-electron chi connectivity index (χ3n) is 4.59. The molecule has 1 heterocycles. The second-order valence-corrected chi connectivity index (χ2v) is 6.99. The lowest BCUT2D eigenvalue weighted by Gasteiger charge is -2.50. The van der Waals surface area contributed by atoms with E-state index < -0.39 is 12.0 Å². The van der Waals surface area contributed by atoms with Crippen molar-refractivity contribution in [2.75, 3.05) is 4.90 Å². The van der Waals surface area contributed by atoms with Crippen LogP contribution in [0, 0.1) is 6.92 Å². The molecule has 1 aliphatic rings. The smallest absolute Gasteiger partial charge is 0.326 e. The Morgan fingerprint density at radius 2 is 2.14 bits per heavy atom. The highest BCUT2D eigenvalue weighted by Crippen LogP contribution is 2.45. The zero-order chi connectivity index (χ0) is 15.8. The van der Waals surface area contributed by atoms with E-state index in [0.29, 0.717) is 12.3 Å². The van der Waals surface area contributed by atoms with Crippen molar-refractivity contribution in [2.45, 2.75) is 71.4 Å². The fraction of sp³-hybridized carbons (Fsp3) is 0.611. The van der Waals surface area contributed by atoms with Crippen LogP contribution in [0.1, 0.15) is 64.0 Å². The van der Waals surface area contributed by atoms with E-state index >= 15 is 0 Å². The van der Waals surface area contributed by atoms with Crippen molar-refractivity contribution < 1.29 is 9.90 Å². The molecule has 3 nitrogen and oxygen atoms in total. The van der Waals surface area contributed by atoms with Crippen LogP contribution in [0.5, 0.6) is 0 Å². The number of aliphatic carboxylic acids is 1. The highest BCUT2D eigenvalue weighted by molar-refractivity contribution is 5.80. The first-order valence-corrected chi connectivity index (χ1v) is 7.90. The number of benzene rings is 1. The predicted octanol–water partition coefficient (Wildman–Crippen LogP) is 4.34. The van der Waals surface area contributed by atoms with Crippen LogP contribution in [0.2, 0.25) is 0 Å². The molecule has 1 aromatic rings. The van der Waals surface area contributed by atoms with Crippen LogP contribution in [0.15, 0.2) is 18.2 Å². The Kier molecular flexibility index (Phi) is 4.31. The van der Waals surface area contributed by atoms with E-state index in [9.17, 15) is 9.90 Å². The first kappa shape index (κ1) is 15.9. The first-order chi connectivity index (χ1) is 9.77. The third kappa shape index (κ3) is 2.92. The summed E-state index contributed by atoms with van der Waals surface area (Å²) in [6.45, 7) is 10.7. The third-order valence-corrected chi connectivity index (χ3v) is 4.59. The molecule has 0 fully saturated rings. The number of rotatable bonds is 4. The van der Waals surface area contributed by atoms with Crippen LogP contribution < -0.4 is 4.90 Å². The Bertz CT molecular complexity index is 536. The van der Waals surface area contributed by atoms with E-state index in [0.717, 1.165) is 18.5 Å². The quantitative estimate of drug-likeness (QED) is 0.896. The molecular formula is C18H27NO2.